The molecule has 0 radical (unpaired) electrons. The zero-order chi connectivity index (χ0) is 21.1. The van der Waals surface area contributed by atoms with Gasteiger partial charge in [-0.25, -0.2) is 8.42 Å². The number of hydrogen-bond acceptors (Lipinski definition) is 5. The fraction of sp³-hybridized carbons (Fsp3) is 0.333. The second-order valence-corrected chi connectivity index (χ2v) is 8.65. The number of Topliss-reactive ketones (excluding diaryl/α,β-unsaturated/α-hetero) is 1. The van der Waals surface area contributed by atoms with Gasteiger partial charge < -0.3 is 4.74 Å². The van der Waals surface area contributed by atoms with Crippen molar-refractivity contribution in [3.05, 3.63) is 64.2 Å². The minimum Gasteiger partial charge on any atom is -0.453 e. The van der Waals surface area contributed by atoms with Crippen LogP contribution in [0.25, 0.3) is 0 Å². The molecule has 0 unspecified atom stereocenters. The van der Waals surface area contributed by atoms with Gasteiger partial charge in [-0.1, -0.05) is 23.8 Å². The monoisotopic (exact) mass is 403 g/mol. The fourth-order valence-corrected chi connectivity index (χ4v) is 3.66. The van der Waals surface area contributed by atoms with Crippen molar-refractivity contribution in [3.8, 4) is 0 Å². The summed E-state index contributed by atoms with van der Waals surface area (Å²) < 4.78 is 31.8. The summed E-state index contributed by atoms with van der Waals surface area (Å²) in [6.45, 7) is 8.45. The first-order valence-electron chi connectivity index (χ1n) is 8.89. The molecule has 0 amide bonds. The Labute approximate surface area is 166 Å². The smallest absolute Gasteiger partial charge is 0.321 e. The highest BCUT2D eigenvalue weighted by molar-refractivity contribution is 7.89. The van der Waals surface area contributed by atoms with Crippen LogP contribution in [0.2, 0.25) is 0 Å². The van der Waals surface area contributed by atoms with Gasteiger partial charge in [0.15, 0.2) is 6.10 Å². The number of sulfonamides is 1. The molecule has 2 rings (SSSR count). The van der Waals surface area contributed by atoms with Gasteiger partial charge in [-0.05, 0) is 69.5 Å². The van der Waals surface area contributed by atoms with E-state index in [1.54, 1.807) is 18.2 Å². The summed E-state index contributed by atoms with van der Waals surface area (Å²) in [6.07, 6.45) is -1.02. The van der Waals surface area contributed by atoms with Crippen LogP contribution in [0.1, 0.15) is 39.5 Å². The predicted octanol–water partition coefficient (Wildman–Crippen LogP) is 3.01. The number of aryl methyl sites for hydroxylation is 4. The van der Waals surface area contributed by atoms with E-state index in [-0.39, 0.29) is 10.7 Å². The van der Waals surface area contributed by atoms with Crippen LogP contribution < -0.4 is 4.72 Å². The van der Waals surface area contributed by atoms with E-state index >= 15 is 0 Å². The Kier molecular flexibility index (Phi) is 6.74. The van der Waals surface area contributed by atoms with E-state index in [1.165, 1.54) is 19.1 Å². The van der Waals surface area contributed by atoms with Gasteiger partial charge in [-0.2, -0.15) is 4.72 Å². The molecule has 0 spiro atoms. The Morgan fingerprint density at radius 2 is 1.54 bits per heavy atom. The third-order valence-corrected chi connectivity index (χ3v) is 5.94. The number of carbonyl (C=O) groups excluding carboxylic acids is 2. The van der Waals surface area contributed by atoms with Gasteiger partial charge in [0.25, 0.3) is 0 Å². The lowest BCUT2D eigenvalue weighted by molar-refractivity contribution is -0.144. The molecule has 0 aliphatic heterocycles. The van der Waals surface area contributed by atoms with Gasteiger partial charge in [0, 0.05) is 5.56 Å². The number of rotatable bonds is 7. The number of nitrogens with one attached hydrogen (secondary N) is 1. The molecule has 0 saturated carbocycles. The normalized spacial score (nSPS) is 12.5. The molecule has 0 heterocycles. The molecule has 150 valence electrons. The molecule has 0 aliphatic carbocycles. The second kappa shape index (κ2) is 8.67. The Morgan fingerprint density at radius 3 is 2.14 bits per heavy atom. The minimum absolute atomic E-state index is 0.0563. The van der Waals surface area contributed by atoms with Gasteiger partial charge in [0.1, 0.15) is 6.54 Å². The molecule has 0 bridgehead atoms. The summed E-state index contributed by atoms with van der Waals surface area (Å²) in [7, 11) is -3.83. The van der Waals surface area contributed by atoms with Crippen LogP contribution in [0.15, 0.2) is 41.3 Å². The lowest BCUT2D eigenvalue weighted by Gasteiger charge is -2.15. The summed E-state index contributed by atoms with van der Waals surface area (Å²) in [5, 5.41) is 0. The average molecular weight is 404 g/mol. The quantitative estimate of drug-likeness (QED) is 0.567. The van der Waals surface area contributed by atoms with E-state index in [1.807, 2.05) is 33.8 Å². The van der Waals surface area contributed by atoms with E-state index in [2.05, 4.69) is 4.72 Å². The highest BCUT2D eigenvalue weighted by atomic mass is 32.2. The predicted molar refractivity (Wildman–Crippen MR) is 107 cm³/mol. The van der Waals surface area contributed by atoms with Crippen LogP contribution in [-0.2, 0) is 19.6 Å². The van der Waals surface area contributed by atoms with Crippen LogP contribution in [0.3, 0.4) is 0 Å². The zero-order valence-electron chi connectivity index (χ0n) is 16.7. The molecular formula is C21H25NO5S. The van der Waals surface area contributed by atoms with Crippen LogP contribution in [-0.4, -0.2) is 32.8 Å². The SMILES string of the molecule is Cc1ccc(S(=O)(=O)NCC(=O)O[C@@H](C)C(=O)c2cc(C)c(C)cc2C)cc1. The summed E-state index contributed by atoms with van der Waals surface area (Å²) in [4.78, 5) is 24.7. The Morgan fingerprint density at radius 1 is 0.964 bits per heavy atom. The van der Waals surface area contributed by atoms with Gasteiger partial charge in [0.05, 0.1) is 4.90 Å². The molecule has 1 atom stereocenters. The number of ketones is 1. The van der Waals surface area contributed by atoms with Gasteiger partial charge in [-0.15, -0.1) is 0 Å². The van der Waals surface area contributed by atoms with E-state index in [0.717, 1.165) is 22.3 Å². The van der Waals surface area contributed by atoms with Crippen molar-refractivity contribution in [1.82, 2.24) is 4.72 Å². The van der Waals surface area contributed by atoms with Gasteiger partial charge in [0.2, 0.25) is 15.8 Å². The lowest BCUT2D eigenvalue weighted by atomic mass is 9.96. The first-order valence-corrected chi connectivity index (χ1v) is 10.4. The third kappa shape index (κ3) is 5.27. The van der Waals surface area contributed by atoms with Crippen molar-refractivity contribution in [2.45, 2.75) is 45.6 Å². The molecular weight excluding hydrogens is 378 g/mol. The Balaban J connectivity index is 2.00. The maximum absolute atomic E-state index is 12.6. The molecule has 0 aromatic heterocycles. The first-order chi connectivity index (χ1) is 13.0. The molecule has 2 aromatic carbocycles. The molecule has 0 saturated heterocycles. The largest absolute Gasteiger partial charge is 0.453 e. The average Bonchev–Trinajstić information content (AvgIpc) is 2.63. The molecule has 6 nitrogen and oxygen atoms in total. The summed E-state index contributed by atoms with van der Waals surface area (Å²) in [5.74, 6) is -1.15. The zero-order valence-corrected chi connectivity index (χ0v) is 17.5. The van der Waals surface area contributed by atoms with Crippen LogP contribution >= 0.6 is 0 Å². The molecule has 7 heteroatoms. The molecule has 1 N–H and O–H groups in total. The first kappa shape index (κ1) is 21.8. The number of hydrogen-bond donors (Lipinski definition) is 1. The van der Waals surface area contributed by atoms with Crippen molar-refractivity contribution in [3.63, 3.8) is 0 Å². The van der Waals surface area contributed by atoms with Gasteiger partial charge >= 0.3 is 5.97 Å². The van der Waals surface area contributed by atoms with E-state index in [4.69, 9.17) is 4.74 Å². The van der Waals surface area contributed by atoms with Crippen molar-refractivity contribution < 1.29 is 22.7 Å². The molecule has 0 fully saturated rings. The van der Waals surface area contributed by atoms with E-state index < -0.39 is 28.6 Å². The number of benzene rings is 2. The number of esters is 1. The van der Waals surface area contributed by atoms with Crippen LogP contribution in [0.4, 0.5) is 0 Å². The van der Waals surface area contributed by atoms with Crippen molar-refractivity contribution in [2.75, 3.05) is 6.54 Å². The maximum Gasteiger partial charge on any atom is 0.321 e. The minimum atomic E-state index is -3.83. The van der Waals surface area contributed by atoms with Crippen molar-refractivity contribution >= 4 is 21.8 Å². The van der Waals surface area contributed by atoms with Crippen LogP contribution in [0, 0.1) is 27.7 Å². The van der Waals surface area contributed by atoms with Crippen LogP contribution in [0.5, 0.6) is 0 Å². The summed E-state index contributed by atoms with van der Waals surface area (Å²) >= 11 is 0. The van der Waals surface area contributed by atoms with Crippen molar-refractivity contribution in [1.29, 1.82) is 0 Å². The highest BCUT2D eigenvalue weighted by Crippen LogP contribution is 2.18. The number of ether oxygens (including phenoxy) is 1. The standard InChI is InChI=1S/C21H25NO5S/c1-13-6-8-18(9-7-13)28(25,26)22-12-20(23)27-17(5)21(24)19-11-15(3)14(2)10-16(19)4/h6-11,17,22H,12H2,1-5H3/t17-/m0/s1. The summed E-state index contributed by atoms with van der Waals surface area (Å²) in [6, 6.07) is 9.93. The molecule has 28 heavy (non-hydrogen) atoms. The second-order valence-electron chi connectivity index (χ2n) is 6.89. The molecule has 0 aliphatic rings. The topological polar surface area (TPSA) is 89.5 Å². The summed E-state index contributed by atoms with van der Waals surface area (Å²) in [5.41, 5.74) is 4.26. The highest BCUT2D eigenvalue weighted by Gasteiger charge is 2.23. The maximum atomic E-state index is 12.6. The molecule has 2 aromatic rings. The van der Waals surface area contributed by atoms with Gasteiger partial charge in [-0.3, -0.25) is 9.59 Å². The Bertz CT molecular complexity index is 994. The third-order valence-electron chi connectivity index (χ3n) is 4.52. The van der Waals surface area contributed by atoms with Crippen molar-refractivity contribution in [2.24, 2.45) is 0 Å². The number of carbonyl (C=O) groups is 2. The fourth-order valence-electron chi connectivity index (χ4n) is 2.69. The van der Waals surface area contributed by atoms with E-state index in [9.17, 15) is 18.0 Å². The lowest BCUT2D eigenvalue weighted by Crippen LogP contribution is -2.34. The van der Waals surface area contributed by atoms with E-state index in [0.29, 0.717) is 5.56 Å². The Hall–Kier alpha value is -2.51.